The summed E-state index contributed by atoms with van der Waals surface area (Å²) in [5.41, 5.74) is 4.22. The number of aryl methyl sites for hydroxylation is 1. The minimum absolute atomic E-state index is 0.167. The van der Waals surface area contributed by atoms with Gasteiger partial charge in [0, 0.05) is 23.9 Å². The van der Waals surface area contributed by atoms with E-state index in [1.165, 1.54) is 5.56 Å². The van der Waals surface area contributed by atoms with Gasteiger partial charge in [0.1, 0.15) is 5.75 Å². The zero-order valence-electron chi connectivity index (χ0n) is 15.8. The first-order valence-corrected chi connectivity index (χ1v) is 8.65. The van der Waals surface area contributed by atoms with Crippen LogP contribution in [0.2, 0.25) is 0 Å². The number of ether oxygens (including phenoxy) is 1. The van der Waals surface area contributed by atoms with E-state index in [-0.39, 0.29) is 6.04 Å². The van der Waals surface area contributed by atoms with Crippen LogP contribution in [0.15, 0.2) is 41.5 Å². The van der Waals surface area contributed by atoms with Crippen LogP contribution >= 0.6 is 0 Å². The van der Waals surface area contributed by atoms with Crippen LogP contribution in [0, 0.1) is 13.8 Å². The van der Waals surface area contributed by atoms with E-state index in [4.69, 9.17) is 9.73 Å². The van der Waals surface area contributed by atoms with Crippen LogP contribution in [0.3, 0.4) is 0 Å². The van der Waals surface area contributed by atoms with Crippen molar-refractivity contribution < 1.29 is 4.74 Å². The van der Waals surface area contributed by atoms with E-state index in [0.717, 1.165) is 35.1 Å². The first-order valence-electron chi connectivity index (χ1n) is 8.65. The molecule has 2 rings (SSSR count). The van der Waals surface area contributed by atoms with Crippen molar-refractivity contribution in [3.8, 4) is 5.75 Å². The predicted molar refractivity (Wildman–Crippen MR) is 103 cm³/mol. The Labute approximate surface area is 150 Å². The summed E-state index contributed by atoms with van der Waals surface area (Å²) in [6, 6.07) is 10.5. The number of pyridine rings is 1. The van der Waals surface area contributed by atoms with Gasteiger partial charge in [-0.15, -0.1) is 0 Å². The van der Waals surface area contributed by atoms with Gasteiger partial charge in [0.15, 0.2) is 5.96 Å². The number of nitrogens with zero attached hydrogens (tertiary/aromatic N) is 2. The smallest absolute Gasteiger partial charge is 0.192 e. The van der Waals surface area contributed by atoms with Gasteiger partial charge in [-0.2, -0.15) is 0 Å². The first kappa shape index (κ1) is 18.8. The van der Waals surface area contributed by atoms with Gasteiger partial charge in [0.25, 0.3) is 0 Å². The highest BCUT2D eigenvalue weighted by Crippen LogP contribution is 2.24. The Morgan fingerprint density at radius 2 is 1.96 bits per heavy atom. The van der Waals surface area contributed by atoms with E-state index < -0.39 is 0 Å². The fourth-order valence-electron chi connectivity index (χ4n) is 2.73. The fraction of sp³-hybridized carbons (Fsp3) is 0.400. The molecule has 1 aromatic carbocycles. The molecule has 0 bridgehead atoms. The molecule has 1 unspecified atom stereocenters. The van der Waals surface area contributed by atoms with Crippen LogP contribution in [0.25, 0.3) is 0 Å². The highest BCUT2D eigenvalue weighted by molar-refractivity contribution is 5.80. The largest absolute Gasteiger partial charge is 0.496 e. The molecule has 25 heavy (non-hydrogen) atoms. The Balaban J connectivity index is 2.15. The molecule has 0 aliphatic rings. The van der Waals surface area contributed by atoms with Crippen LogP contribution in [0.5, 0.6) is 5.75 Å². The maximum Gasteiger partial charge on any atom is 0.192 e. The lowest BCUT2D eigenvalue weighted by Crippen LogP contribution is -2.38. The van der Waals surface area contributed by atoms with Crippen molar-refractivity contribution in [1.29, 1.82) is 0 Å². The molecule has 1 heterocycles. The average Bonchev–Trinajstić information content (AvgIpc) is 2.62. The summed E-state index contributed by atoms with van der Waals surface area (Å²) >= 11 is 0. The molecule has 0 amide bonds. The molecular formula is C20H28N4O. The summed E-state index contributed by atoms with van der Waals surface area (Å²) in [4.78, 5) is 9.20. The number of rotatable bonds is 6. The molecule has 5 nitrogen and oxygen atoms in total. The lowest BCUT2D eigenvalue weighted by molar-refractivity contribution is 0.407. The van der Waals surface area contributed by atoms with Crippen LogP contribution in [-0.2, 0) is 6.54 Å². The molecule has 0 aliphatic heterocycles. The second-order valence-electron chi connectivity index (χ2n) is 6.02. The zero-order valence-corrected chi connectivity index (χ0v) is 15.8. The number of hydrogen-bond donors (Lipinski definition) is 2. The predicted octanol–water partition coefficient (Wildman–Crippen LogP) is 3.52. The summed E-state index contributed by atoms with van der Waals surface area (Å²) in [6.45, 7) is 9.51. The van der Waals surface area contributed by atoms with E-state index >= 15 is 0 Å². The summed E-state index contributed by atoms with van der Waals surface area (Å²) < 4.78 is 5.47. The number of nitrogens with one attached hydrogen (secondary N) is 2. The Hall–Kier alpha value is -2.56. The number of guanidine groups is 1. The second-order valence-corrected chi connectivity index (χ2v) is 6.02. The van der Waals surface area contributed by atoms with Gasteiger partial charge in [-0.25, -0.2) is 4.99 Å². The maximum atomic E-state index is 5.47. The lowest BCUT2D eigenvalue weighted by Gasteiger charge is -2.18. The minimum Gasteiger partial charge on any atom is -0.496 e. The lowest BCUT2D eigenvalue weighted by atomic mass is 10.1. The molecule has 134 valence electrons. The van der Waals surface area contributed by atoms with Crippen LogP contribution < -0.4 is 15.4 Å². The van der Waals surface area contributed by atoms with Crippen molar-refractivity contribution in [3.05, 3.63) is 58.9 Å². The van der Waals surface area contributed by atoms with Gasteiger partial charge in [-0.1, -0.05) is 30.3 Å². The van der Waals surface area contributed by atoms with Gasteiger partial charge < -0.3 is 15.4 Å². The van der Waals surface area contributed by atoms with Crippen molar-refractivity contribution >= 4 is 5.96 Å². The SMILES string of the molecule is CCNC(=NCc1ncc(C)c(OC)c1C)NC(C)c1ccccc1. The van der Waals surface area contributed by atoms with Crippen molar-refractivity contribution in [3.63, 3.8) is 0 Å². The summed E-state index contributed by atoms with van der Waals surface area (Å²) in [6.07, 6.45) is 1.84. The topological polar surface area (TPSA) is 58.5 Å². The zero-order chi connectivity index (χ0) is 18.2. The van der Waals surface area contributed by atoms with Crippen molar-refractivity contribution in [2.75, 3.05) is 13.7 Å². The van der Waals surface area contributed by atoms with Crippen molar-refractivity contribution in [2.24, 2.45) is 4.99 Å². The van der Waals surface area contributed by atoms with E-state index in [1.807, 2.05) is 38.2 Å². The maximum absolute atomic E-state index is 5.47. The fourth-order valence-corrected chi connectivity index (χ4v) is 2.73. The van der Waals surface area contributed by atoms with Crippen LogP contribution in [-0.4, -0.2) is 24.6 Å². The molecule has 1 aromatic heterocycles. The third kappa shape index (κ3) is 4.95. The third-order valence-electron chi connectivity index (χ3n) is 4.13. The number of aromatic nitrogens is 1. The van der Waals surface area contributed by atoms with E-state index in [1.54, 1.807) is 7.11 Å². The number of methoxy groups -OCH3 is 1. The average molecular weight is 340 g/mol. The molecule has 0 aliphatic carbocycles. The molecule has 0 radical (unpaired) electrons. The van der Waals surface area contributed by atoms with E-state index in [2.05, 4.69) is 41.6 Å². The van der Waals surface area contributed by atoms with Crippen LogP contribution in [0.4, 0.5) is 0 Å². The van der Waals surface area contributed by atoms with Gasteiger partial charge in [-0.05, 0) is 33.3 Å². The normalized spacial score (nSPS) is 12.6. The van der Waals surface area contributed by atoms with Gasteiger partial charge >= 0.3 is 0 Å². The highest BCUT2D eigenvalue weighted by atomic mass is 16.5. The Morgan fingerprint density at radius 1 is 1.24 bits per heavy atom. The molecule has 2 aromatic rings. The third-order valence-corrected chi connectivity index (χ3v) is 4.13. The van der Waals surface area contributed by atoms with Crippen LogP contribution in [0.1, 0.15) is 42.3 Å². The Kier molecular flexibility index (Phi) is 6.81. The highest BCUT2D eigenvalue weighted by Gasteiger charge is 2.10. The summed E-state index contributed by atoms with van der Waals surface area (Å²) in [5.74, 6) is 1.66. The molecule has 2 N–H and O–H groups in total. The van der Waals surface area contributed by atoms with Gasteiger partial charge in [0.2, 0.25) is 0 Å². The Morgan fingerprint density at radius 3 is 2.60 bits per heavy atom. The van der Waals surface area contributed by atoms with E-state index in [0.29, 0.717) is 6.54 Å². The number of aliphatic imine (C=N–C) groups is 1. The molecule has 1 atom stereocenters. The molecule has 0 fully saturated rings. The Bertz CT molecular complexity index is 713. The van der Waals surface area contributed by atoms with Gasteiger partial charge in [-0.3, -0.25) is 4.98 Å². The quantitative estimate of drug-likeness (QED) is 0.624. The summed E-state index contributed by atoms with van der Waals surface area (Å²) in [7, 11) is 1.69. The van der Waals surface area contributed by atoms with Gasteiger partial charge in [0.05, 0.1) is 25.4 Å². The number of benzene rings is 1. The molecule has 0 saturated carbocycles. The van der Waals surface area contributed by atoms with Crippen molar-refractivity contribution in [1.82, 2.24) is 15.6 Å². The van der Waals surface area contributed by atoms with Crippen molar-refractivity contribution in [2.45, 2.75) is 40.3 Å². The molecule has 5 heteroatoms. The minimum atomic E-state index is 0.167. The number of hydrogen-bond acceptors (Lipinski definition) is 3. The second kappa shape index (κ2) is 9.06. The molecule has 0 saturated heterocycles. The molecule has 0 spiro atoms. The standard InChI is InChI=1S/C20H28N4O/c1-6-21-20(24-16(4)17-10-8-7-9-11-17)23-13-18-15(3)19(25-5)14(2)12-22-18/h7-12,16H,6,13H2,1-5H3,(H2,21,23,24). The van der Waals surface area contributed by atoms with E-state index in [9.17, 15) is 0 Å². The first-order chi connectivity index (χ1) is 12.1. The molecular weight excluding hydrogens is 312 g/mol. The monoisotopic (exact) mass is 340 g/mol. The summed E-state index contributed by atoms with van der Waals surface area (Å²) in [5, 5.41) is 6.74.